The van der Waals surface area contributed by atoms with Gasteiger partial charge >= 0.3 is 0 Å². The summed E-state index contributed by atoms with van der Waals surface area (Å²) in [6.45, 7) is 1.67. The third-order valence-corrected chi connectivity index (χ3v) is 2.78. The lowest BCUT2D eigenvalue weighted by Gasteiger charge is -2.09. The molecule has 0 amide bonds. The predicted molar refractivity (Wildman–Crippen MR) is 76.5 cm³/mol. The smallest absolute Gasteiger partial charge is 0.238 e. The van der Waals surface area contributed by atoms with E-state index < -0.39 is 6.10 Å². The largest absolute Gasteiger partial charge is 0.476 e. The summed E-state index contributed by atoms with van der Waals surface area (Å²) in [5, 5.41) is 9.44. The topological polar surface area (TPSA) is 55.1 Å². The van der Waals surface area contributed by atoms with E-state index in [0.29, 0.717) is 21.5 Å². The number of aromatic nitrogens is 1. The Bertz CT molecular complexity index is 639. The highest BCUT2D eigenvalue weighted by Crippen LogP contribution is 2.29. The summed E-state index contributed by atoms with van der Waals surface area (Å²) in [5.41, 5.74) is 0. The molecule has 0 spiro atoms. The quantitative estimate of drug-likeness (QED) is 0.836. The first kappa shape index (κ1) is 14.4. The average molecular weight is 309 g/mol. The van der Waals surface area contributed by atoms with Crippen molar-refractivity contribution in [3.8, 4) is 23.4 Å². The molecule has 0 radical (unpaired) electrons. The van der Waals surface area contributed by atoms with Gasteiger partial charge in [-0.2, -0.15) is 5.26 Å². The van der Waals surface area contributed by atoms with Gasteiger partial charge in [0, 0.05) is 6.20 Å². The van der Waals surface area contributed by atoms with Crippen LogP contribution in [0.1, 0.15) is 6.92 Å². The first-order chi connectivity index (χ1) is 9.58. The van der Waals surface area contributed by atoms with Gasteiger partial charge in [-0.1, -0.05) is 23.2 Å². The van der Waals surface area contributed by atoms with E-state index in [9.17, 15) is 0 Å². The van der Waals surface area contributed by atoms with Gasteiger partial charge in [0.2, 0.25) is 5.88 Å². The second kappa shape index (κ2) is 6.47. The van der Waals surface area contributed by atoms with Crippen LogP contribution in [0, 0.1) is 11.3 Å². The Balaban J connectivity index is 2.09. The minimum absolute atomic E-state index is 0.273. The van der Waals surface area contributed by atoms with Crippen LogP contribution in [-0.2, 0) is 0 Å². The molecule has 0 bridgehead atoms. The Kier molecular flexibility index (Phi) is 4.67. The fourth-order valence-electron chi connectivity index (χ4n) is 1.41. The fourth-order valence-corrected chi connectivity index (χ4v) is 1.82. The summed E-state index contributed by atoms with van der Waals surface area (Å²) >= 11 is 11.7. The van der Waals surface area contributed by atoms with E-state index in [1.807, 2.05) is 6.07 Å². The number of pyridine rings is 1. The minimum atomic E-state index is -0.505. The normalized spacial score (nSPS) is 11.5. The summed E-state index contributed by atoms with van der Waals surface area (Å²) in [6.07, 6.45) is 0.948. The molecule has 0 fully saturated rings. The van der Waals surface area contributed by atoms with Crippen molar-refractivity contribution < 1.29 is 9.47 Å². The maximum Gasteiger partial charge on any atom is 0.238 e. The zero-order valence-electron chi connectivity index (χ0n) is 10.5. The second-order valence-electron chi connectivity index (χ2n) is 3.90. The summed E-state index contributed by atoms with van der Waals surface area (Å²) in [4.78, 5) is 4.00. The van der Waals surface area contributed by atoms with Crippen LogP contribution in [0.5, 0.6) is 17.4 Å². The molecule has 1 aromatic carbocycles. The lowest BCUT2D eigenvalue weighted by molar-refractivity contribution is 0.276. The Morgan fingerprint density at radius 1 is 1.20 bits per heavy atom. The van der Waals surface area contributed by atoms with E-state index in [0.717, 1.165) is 0 Å². The number of hydrogen-bond donors (Lipinski definition) is 0. The van der Waals surface area contributed by atoms with Crippen molar-refractivity contribution in [2.75, 3.05) is 0 Å². The number of hydrogen-bond acceptors (Lipinski definition) is 4. The van der Waals surface area contributed by atoms with Gasteiger partial charge in [0.15, 0.2) is 6.10 Å². The molecule has 20 heavy (non-hydrogen) atoms. The van der Waals surface area contributed by atoms with E-state index in [1.54, 1.807) is 37.3 Å². The highest BCUT2D eigenvalue weighted by atomic mass is 35.5. The number of halogens is 2. The minimum Gasteiger partial charge on any atom is -0.476 e. The Hall–Kier alpha value is -1.96. The summed E-state index contributed by atoms with van der Waals surface area (Å²) in [5.74, 6) is 1.41. The van der Waals surface area contributed by atoms with E-state index >= 15 is 0 Å². The molecule has 1 atom stereocenters. The average Bonchev–Trinajstić information content (AvgIpc) is 2.44. The van der Waals surface area contributed by atoms with E-state index in [4.69, 9.17) is 37.9 Å². The van der Waals surface area contributed by atoms with Gasteiger partial charge in [0.25, 0.3) is 0 Å². The van der Waals surface area contributed by atoms with Crippen LogP contribution >= 0.6 is 23.2 Å². The Labute approximate surface area is 126 Å². The molecule has 2 rings (SSSR count). The van der Waals surface area contributed by atoms with Gasteiger partial charge in [0.05, 0.1) is 5.02 Å². The van der Waals surface area contributed by atoms with E-state index in [2.05, 4.69) is 4.98 Å². The van der Waals surface area contributed by atoms with Gasteiger partial charge < -0.3 is 9.47 Å². The summed E-state index contributed by atoms with van der Waals surface area (Å²) in [7, 11) is 0. The van der Waals surface area contributed by atoms with Gasteiger partial charge in [0.1, 0.15) is 22.6 Å². The molecular weight excluding hydrogens is 299 g/mol. The Morgan fingerprint density at radius 3 is 2.45 bits per heavy atom. The van der Waals surface area contributed by atoms with Crippen molar-refractivity contribution in [2.45, 2.75) is 13.0 Å². The van der Waals surface area contributed by atoms with Gasteiger partial charge in [-0.25, -0.2) is 4.98 Å². The molecular formula is C14H10Cl2N2O2. The summed E-state index contributed by atoms with van der Waals surface area (Å²) < 4.78 is 10.9. The van der Waals surface area contributed by atoms with Crippen LogP contribution in [0.4, 0.5) is 0 Å². The van der Waals surface area contributed by atoms with E-state index in [1.165, 1.54) is 6.20 Å². The first-order valence-corrected chi connectivity index (χ1v) is 6.49. The number of nitriles is 1. The molecule has 0 N–H and O–H groups in total. The molecule has 0 saturated carbocycles. The SMILES string of the molecule is CC(C#N)Oc1ccc(Oc2ncc(Cl)cc2Cl)cc1. The summed E-state index contributed by atoms with van der Waals surface area (Å²) in [6, 6.07) is 10.3. The van der Waals surface area contributed by atoms with Crippen molar-refractivity contribution in [2.24, 2.45) is 0 Å². The van der Waals surface area contributed by atoms with Crippen LogP contribution in [0.25, 0.3) is 0 Å². The zero-order chi connectivity index (χ0) is 14.5. The molecule has 1 unspecified atom stereocenters. The van der Waals surface area contributed by atoms with Crippen LogP contribution < -0.4 is 9.47 Å². The predicted octanol–water partition coefficient (Wildman–Crippen LogP) is 4.47. The fraction of sp³-hybridized carbons (Fsp3) is 0.143. The van der Waals surface area contributed by atoms with Crippen molar-refractivity contribution in [1.82, 2.24) is 4.98 Å². The molecule has 0 aliphatic carbocycles. The third kappa shape index (κ3) is 3.77. The van der Waals surface area contributed by atoms with Crippen molar-refractivity contribution >= 4 is 23.2 Å². The number of ether oxygens (including phenoxy) is 2. The first-order valence-electron chi connectivity index (χ1n) is 5.73. The molecule has 4 nitrogen and oxygen atoms in total. The molecule has 2 aromatic rings. The van der Waals surface area contributed by atoms with Crippen LogP contribution in [0.3, 0.4) is 0 Å². The molecule has 0 saturated heterocycles. The monoisotopic (exact) mass is 308 g/mol. The van der Waals surface area contributed by atoms with E-state index in [-0.39, 0.29) is 5.88 Å². The van der Waals surface area contributed by atoms with Crippen LogP contribution in [-0.4, -0.2) is 11.1 Å². The van der Waals surface area contributed by atoms with Crippen molar-refractivity contribution in [3.63, 3.8) is 0 Å². The van der Waals surface area contributed by atoms with Crippen LogP contribution in [0.2, 0.25) is 10.0 Å². The van der Waals surface area contributed by atoms with Crippen molar-refractivity contribution in [3.05, 3.63) is 46.6 Å². The number of nitrogens with zero attached hydrogens (tertiary/aromatic N) is 2. The molecule has 0 aliphatic heterocycles. The molecule has 1 heterocycles. The third-order valence-electron chi connectivity index (χ3n) is 2.31. The maximum atomic E-state index is 8.67. The molecule has 0 aliphatic rings. The van der Waals surface area contributed by atoms with Crippen LogP contribution in [0.15, 0.2) is 36.5 Å². The lowest BCUT2D eigenvalue weighted by atomic mass is 10.3. The lowest BCUT2D eigenvalue weighted by Crippen LogP contribution is -2.07. The number of rotatable bonds is 4. The van der Waals surface area contributed by atoms with Gasteiger partial charge in [-0.3, -0.25) is 0 Å². The second-order valence-corrected chi connectivity index (χ2v) is 4.75. The zero-order valence-corrected chi connectivity index (χ0v) is 12.0. The highest BCUT2D eigenvalue weighted by molar-refractivity contribution is 6.35. The van der Waals surface area contributed by atoms with Gasteiger partial charge in [-0.05, 0) is 37.3 Å². The molecule has 102 valence electrons. The Morgan fingerprint density at radius 2 is 1.85 bits per heavy atom. The number of benzene rings is 1. The molecule has 1 aromatic heterocycles. The molecule has 6 heteroatoms. The van der Waals surface area contributed by atoms with Gasteiger partial charge in [-0.15, -0.1) is 0 Å². The highest BCUT2D eigenvalue weighted by Gasteiger charge is 2.07. The standard InChI is InChI=1S/C14H10Cl2N2O2/c1-9(7-17)19-11-2-4-12(5-3-11)20-14-13(16)6-10(15)8-18-14/h2-6,8-9H,1H3. The van der Waals surface area contributed by atoms with Crippen molar-refractivity contribution in [1.29, 1.82) is 5.26 Å². The maximum absolute atomic E-state index is 8.67.